The zero-order valence-electron chi connectivity index (χ0n) is 9.49. The zero-order valence-corrected chi connectivity index (χ0v) is 9.49. The average molecular weight is 205 g/mol. The van der Waals surface area contributed by atoms with Gasteiger partial charge in [-0.3, -0.25) is 0 Å². The van der Waals surface area contributed by atoms with Crippen LogP contribution in [0.2, 0.25) is 0 Å². The number of benzene rings is 1. The Balaban J connectivity index is 1.90. The van der Waals surface area contributed by atoms with Crippen molar-refractivity contribution in [3.8, 4) is 5.75 Å². The van der Waals surface area contributed by atoms with Gasteiger partial charge in [-0.05, 0) is 19.0 Å². The second-order valence-electron chi connectivity index (χ2n) is 4.44. The maximum Gasteiger partial charge on any atom is 0.122 e. The lowest BCUT2D eigenvalue weighted by atomic mass is 9.98. The minimum absolute atomic E-state index is 0.572. The van der Waals surface area contributed by atoms with Crippen LogP contribution in [0.25, 0.3) is 0 Å². The van der Waals surface area contributed by atoms with Crippen molar-refractivity contribution in [1.82, 2.24) is 5.32 Å². The van der Waals surface area contributed by atoms with Crippen LogP contribution in [0.4, 0.5) is 0 Å². The van der Waals surface area contributed by atoms with Crippen LogP contribution in [-0.2, 0) is 0 Å². The molecule has 15 heavy (non-hydrogen) atoms. The fourth-order valence-electron chi connectivity index (χ4n) is 2.01. The summed E-state index contributed by atoms with van der Waals surface area (Å²) in [5, 5.41) is 3.45. The lowest BCUT2D eigenvalue weighted by Gasteiger charge is -2.11. The average Bonchev–Trinajstić information content (AvgIpc) is 2.62. The fourth-order valence-corrected chi connectivity index (χ4v) is 2.01. The Bertz CT molecular complexity index is 322. The quantitative estimate of drug-likeness (QED) is 0.815. The van der Waals surface area contributed by atoms with Crippen molar-refractivity contribution in [1.29, 1.82) is 0 Å². The van der Waals surface area contributed by atoms with E-state index in [2.05, 4.69) is 37.4 Å². The Morgan fingerprint density at radius 2 is 2.20 bits per heavy atom. The third-order valence-electron chi connectivity index (χ3n) is 2.84. The molecule has 0 aromatic heterocycles. The van der Waals surface area contributed by atoms with Crippen LogP contribution in [0.15, 0.2) is 24.3 Å². The number of ether oxygens (including phenoxy) is 1. The minimum Gasteiger partial charge on any atom is -0.493 e. The van der Waals surface area contributed by atoms with Gasteiger partial charge in [0.05, 0.1) is 6.61 Å². The van der Waals surface area contributed by atoms with E-state index in [0.717, 1.165) is 25.3 Å². The molecule has 1 N–H and O–H groups in total. The van der Waals surface area contributed by atoms with E-state index in [4.69, 9.17) is 4.74 Å². The van der Waals surface area contributed by atoms with E-state index in [9.17, 15) is 0 Å². The Kier molecular flexibility index (Phi) is 3.27. The highest BCUT2D eigenvalue weighted by molar-refractivity contribution is 5.39. The van der Waals surface area contributed by atoms with Crippen LogP contribution in [0.5, 0.6) is 5.75 Å². The second-order valence-corrected chi connectivity index (χ2v) is 4.44. The monoisotopic (exact) mass is 205 g/mol. The maximum atomic E-state index is 5.64. The fraction of sp³-hybridized carbons (Fsp3) is 0.538. The molecule has 2 rings (SSSR count). The van der Waals surface area contributed by atoms with Gasteiger partial charge >= 0.3 is 0 Å². The van der Waals surface area contributed by atoms with Crippen LogP contribution in [0, 0.1) is 0 Å². The predicted octanol–water partition coefficient (Wildman–Crippen LogP) is 2.55. The first-order valence-corrected chi connectivity index (χ1v) is 5.72. The molecule has 1 atom stereocenters. The lowest BCUT2D eigenvalue weighted by molar-refractivity contribution is 0.322. The van der Waals surface area contributed by atoms with Gasteiger partial charge in [0.15, 0.2) is 0 Å². The molecule has 1 aliphatic heterocycles. The van der Waals surface area contributed by atoms with Crippen LogP contribution in [0.1, 0.15) is 31.7 Å². The molecule has 0 fully saturated rings. The van der Waals surface area contributed by atoms with Gasteiger partial charge in [-0.15, -0.1) is 0 Å². The van der Waals surface area contributed by atoms with Gasteiger partial charge in [-0.1, -0.05) is 32.0 Å². The number of para-hydroxylation sites is 1. The highest BCUT2D eigenvalue weighted by atomic mass is 16.5. The highest BCUT2D eigenvalue weighted by Crippen LogP contribution is 2.34. The standard InChI is InChI=1S/C13H19NO/c1-10(2)14-8-7-11-9-15-13-6-4-3-5-12(11)13/h3-6,10-11,14H,7-9H2,1-2H3. The zero-order chi connectivity index (χ0) is 10.7. The molecule has 82 valence electrons. The number of rotatable bonds is 4. The van der Waals surface area contributed by atoms with E-state index in [-0.39, 0.29) is 0 Å². The number of hydrogen-bond acceptors (Lipinski definition) is 2. The Morgan fingerprint density at radius 1 is 1.40 bits per heavy atom. The van der Waals surface area contributed by atoms with Gasteiger partial charge in [0, 0.05) is 17.5 Å². The van der Waals surface area contributed by atoms with Crippen LogP contribution >= 0.6 is 0 Å². The predicted molar refractivity (Wildman–Crippen MR) is 62.4 cm³/mol. The van der Waals surface area contributed by atoms with Gasteiger partial charge in [-0.25, -0.2) is 0 Å². The summed E-state index contributed by atoms with van der Waals surface area (Å²) in [6.45, 7) is 6.28. The summed E-state index contributed by atoms with van der Waals surface area (Å²) in [7, 11) is 0. The van der Waals surface area contributed by atoms with E-state index in [1.54, 1.807) is 0 Å². The van der Waals surface area contributed by atoms with Gasteiger partial charge in [0.25, 0.3) is 0 Å². The number of fused-ring (bicyclic) bond motifs is 1. The molecule has 0 aliphatic carbocycles. The third-order valence-corrected chi connectivity index (χ3v) is 2.84. The topological polar surface area (TPSA) is 21.3 Å². The number of nitrogens with one attached hydrogen (secondary N) is 1. The van der Waals surface area contributed by atoms with E-state index < -0.39 is 0 Å². The molecule has 0 saturated heterocycles. The Morgan fingerprint density at radius 3 is 3.00 bits per heavy atom. The van der Waals surface area contributed by atoms with Crippen molar-refractivity contribution in [2.45, 2.75) is 32.2 Å². The van der Waals surface area contributed by atoms with Crippen molar-refractivity contribution in [3.05, 3.63) is 29.8 Å². The summed E-state index contributed by atoms with van der Waals surface area (Å²) < 4.78 is 5.64. The highest BCUT2D eigenvalue weighted by Gasteiger charge is 2.22. The molecule has 0 radical (unpaired) electrons. The summed E-state index contributed by atoms with van der Waals surface area (Å²) in [6.07, 6.45) is 1.16. The molecule has 0 bridgehead atoms. The lowest BCUT2D eigenvalue weighted by Crippen LogP contribution is -2.25. The Labute approximate surface area is 91.6 Å². The first-order chi connectivity index (χ1) is 7.27. The molecular weight excluding hydrogens is 186 g/mol. The van der Waals surface area contributed by atoms with E-state index in [0.29, 0.717) is 12.0 Å². The molecule has 0 amide bonds. The van der Waals surface area contributed by atoms with Crippen LogP contribution in [-0.4, -0.2) is 19.2 Å². The molecule has 2 heteroatoms. The van der Waals surface area contributed by atoms with Gasteiger partial charge in [-0.2, -0.15) is 0 Å². The summed E-state index contributed by atoms with van der Waals surface area (Å²) >= 11 is 0. The molecule has 0 spiro atoms. The maximum absolute atomic E-state index is 5.64. The SMILES string of the molecule is CC(C)NCCC1COc2ccccc21. The summed E-state index contributed by atoms with van der Waals surface area (Å²) in [5.74, 6) is 1.65. The summed E-state index contributed by atoms with van der Waals surface area (Å²) in [6, 6.07) is 8.94. The second kappa shape index (κ2) is 4.67. The third kappa shape index (κ3) is 2.51. The Hall–Kier alpha value is -1.02. The molecule has 1 unspecified atom stereocenters. The van der Waals surface area contributed by atoms with Crippen LogP contribution in [0.3, 0.4) is 0 Å². The van der Waals surface area contributed by atoms with Crippen molar-refractivity contribution in [2.75, 3.05) is 13.2 Å². The summed E-state index contributed by atoms with van der Waals surface area (Å²) in [5.41, 5.74) is 1.38. The van der Waals surface area contributed by atoms with Gasteiger partial charge in [0.2, 0.25) is 0 Å². The normalized spacial score (nSPS) is 19.0. The van der Waals surface area contributed by atoms with E-state index >= 15 is 0 Å². The smallest absolute Gasteiger partial charge is 0.122 e. The largest absolute Gasteiger partial charge is 0.493 e. The number of hydrogen-bond donors (Lipinski definition) is 1. The van der Waals surface area contributed by atoms with Gasteiger partial charge in [0.1, 0.15) is 5.75 Å². The van der Waals surface area contributed by atoms with E-state index in [1.165, 1.54) is 5.56 Å². The molecule has 2 nitrogen and oxygen atoms in total. The molecule has 1 heterocycles. The van der Waals surface area contributed by atoms with Crippen molar-refractivity contribution in [3.63, 3.8) is 0 Å². The van der Waals surface area contributed by atoms with Crippen LogP contribution < -0.4 is 10.1 Å². The van der Waals surface area contributed by atoms with Crippen molar-refractivity contribution >= 4 is 0 Å². The van der Waals surface area contributed by atoms with Crippen molar-refractivity contribution in [2.24, 2.45) is 0 Å². The molecule has 0 saturated carbocycles. The first-order valence-electron chi connectivity index (χ1n) is 5.72. The van der Waals surface area contributed by atoms with Crippen molar-refractivity contribution < 1.29 is 4.74 Å². The first kappa shape index (κ1) is 10.5. The minimum atomic E-state index is 0.572. The summed E-state index contributed by atoms with van der Waals surface area (Å²) in [4.78, 5) is 0. The molecular formula is C13H19NO. The molecule has 1 aromatic rings. The molecule has 1 aliphatic rings. The molecule has 1 aromatic carbocycles. The van der Waals surface area contributed by atoms with E-state index in [1.807, 2.05) is 6.07 Å². The van der Waals surface area contributed by atoms with Gasteiger partial charge < -0.3 is 10.1 Å².